The van der Waals surface area contributed by atoms with Crippen molar-refractivity contribution in [2.45, 2.75) is 63.4 Å². The highest BCUT2D eigenvalue weighted by Crippen LogP contribution is 2.51. The molecule has 132 valence electrons. The van der Waals surface area contributed by atoms with E-state index in [1.807, 2.05) is 0 Å². The average Bonchev–Trinajstić information content (AvgIpc) is 3.25. The van der Waals surface area contributed by atoms with Crippen molar-refractivity contribution < 1.29 is 9.16 Å². The van der Waals surface area contributed by atoms with E-state index in [1.54, 1.807) is 0 Å². The smallest absolute Gasteiger partial charge is 0.256 e. The molecule has 4 rings (SSSR count). The van der Waals surface area contributed by atoms with Crippen molar-refractivity contribution in [2.24, 2.45) is 0 Å². The molecule has 0 aromatic heterocycles. The van der Waals surface area contributed by atoms with Crippen LogP contribution in [0.2, 0.25) is 6.04 Å². The summed E-state index contributed by atoms with van der Waals surface area (Å²) in [7, 11) is -2.28. The molecule has 2 aromatic carbocycles. The Morgan fingerprint density at radius 2 is 1.60 bits per heavy atom. The van der Waals surface area contributed by atoms with Crippen molar-refractivity contribution in [3.8, 4) is 0 Å². The Kier molecular flexibility index (Phi) is 4.57. The second kappa shape index (κ2) is 6.71. The average molecular weight is 353 g/mol. The topological polar surface area (TPSA) is 21.8 Å². The van der Waals surface area contributed by atoms with E-state index in [1.165, 1.54) is 23.2 Å². The molecule has 0 bridgehead atoms. The Bertz CT molecular complexity index is 661. The lowest BCUT2D eigenvalue weighted by molar-refractivity contribution is 0.0903. The molecule has 2 aliphatic rings. The minimum absolute atomic E-state index is 0.0476. The number of rotatable bonds is 7. The molecule has 1 saturated heterocycles. The first-order valence-corrected chi connectivity index (χ1v) is 11.8. The first-order valence-electron chi connectivity index (χ1n) is 9.66. The predicted octanol–water partition coefficient (Wildman–Crippen LogP) is 3.88. The zero-order chi connectivity index (χ0) is 17.3. The van der Waals surface area contributed by atoms with E-state index in [0.29, 0.717) is 6.10 Å². The fraction of sp³-hybridized carbons (Fsp3) is 0.455. The number of hydrogen-bond donors (Lipinski definition) is 0. The molecule has 3 heteroatoms. The maximum Gasteiger partial charge on any atom is 0.256 e. The van der Waals surface area contributed by atoms with Gasteiger partial charge in [-0.05, 0) is 36.2 Å². The molecular weight excluding hydrogens is 324 g/mol. The third-order valence-corrected chi connectivity index (χ3v) is 10.3. The largest absolute Gasteiger partial charge is 0.402 e. The summed E-state index contributed by atoms with van der Waals surface area (Å²) in [6, 6.07) is 23.1. The summed E-state index contributed by atoms with van der Waals surface area (Å²) in [6.07, 6.45) is 5.30. The molecule has 1 aliphatic heterocycles. The highest BCUT2D eigenvalue weighted by Gasteiger charge is 2.64. The van der Waals surface area contributed by atoms with Crippen LogP contribution in [0.15, 0.2) is 60.7 Å². The summed E-state index contributed by atoms with van der Waals surface area (Å²) in [5.41, 5.74) is -0.0476. The quantitative estimate of drug-likeness (QED) is 0.557. The molecule has 0 N–H and O–H groups in total. The van der Waals surface area contributed by atoms with E-state index in [9.17, 15) is 0 Å². The van der Waals surface area contributed by atoms with E-state index in [-0.39, 0.29) is 11.7 Å². The zero-order valence-corrected chi connectivity index (χ0v) is 16.3. The van der Waals surface area contributed by atoms with Gasteiger partial charge in [0.2, 0.25) is 0 Å². The number of epoxide rings is 1. The standard InChI is InChI=1S/C22H28O2Si/c1-3-4-17-25(18-11-7-5-8-12-18,19-13-9-6-10-14-19)24-21-16-15-20-22(21,2)23-20/h5-14,20-21H,3-4,15-17H2,1-2H3/t20-,21-,22-/m0/s1. The van der Waals surface area contributed by atoms with Gasteiger partial charge >= 0.3 is 0 Å². The Labute approximate surface area is 152 Å². The summed E-state index contributed by atoms with van der Waals surface area (Å²) in [6.45, 7) is 4.51. The second-order valence-electron chi connectivity index (χ2n) is 7.64. The normalized spacial score (nSPS) is 27.9. The summed E-state index contributed by atoms with van der Waals surface area (Å²) in [5, 5.41) is 2.78. The number of hydrogen-bond acceptors (Lipinski definition) is 2. The van der Waals surface area contributed by atoms with Gasteiger partial charge in [-0.2, -0.15) is 0 Å². The van der Waals surface area contributed by atoms with Gasteiger partial charge in [0.05, 0.1) is 12.2 Å². The van der Waals surface area contributed by atoms with E-state index in [4.69, 9.17) is 9.16 Å². The van der Waals surface area contributed by atoms with Crippen LogP contribution in [-0.2, 0) is 9.16 Å². The van der Waals surface area contributed by atoms with Gasteiger partial charge in [-0.15, -0.1) is 0 Å². The molecule has 0 radical (unpaired) electrons. The summed E-state index contributed by atoms with van der Waals surface area (Å²) in [5.74, 6) is 0. The Hall–Kier alpha value is -1.42. The number of unbranched alkanes of at least 4 members (excludes halogenated alkanes) is 1. The van der Waals surface area contributed by atoms with Gasteiger partial charge in [-0.3, -0.25) is 0 Å². The van der Waals surface area contributed by atoms with Gasteiger partial charge in [-0.1, -0.05) is 80.4 Å². The second-order valence-corrected chi connectivity index (χ2v) is 11.2. The van der Waals surface area contributed by atoms with Crippen LogP contribution in [0.4, 0.5) is 0 Å². The third-order valence-electron chi connectivity index (χ3n) is 6.01. The van der Waals surface area contributed by atoms with E-state index in [2.05, 4.69) is 74.5 Å². The van der Waals surface area contributed by atoms with Crippen LogP contribution in [-0.4, -0.2) is 26.1 Å². The maximum atomic E-state index is 7.14. The van der Waals surface area contributed by atoms with Gasteiger partial charge in [0.25, 0.3) is 8.32 Å². The summed E-state index contributed by atoms with van der Waals surface area (Å²) in [4.78, 5) is 0. The fourth-order valence-corrected chi connectivity index (χ4v) is 8.85. The molecular formula is C22H28O2Si. The predicted molar refractivity (Wildman–Crippen MR) is 105 cm³/mol. The molecule has 1 heterocycles. The molecule has 0 amide bonds. The lowest BCUT2D eigenvalue weighted by Crippen LogP contribution is -2.63. The first kappa shape index (κ1) is 17.0. The summed E-state index contributed by atoms with van der Waals surface area (Å²) < 4.78 is 13.1. The number of ether oxygens (including phenoxy) is 1. The lowest BCUT2D eigenvalue weighted by atomic mass is 10.1. The molecule has 1 aliphatic carbocycles. The van der Waals surface area contributed by atoms with Crippen LogP contribution in [0.1, 0.15) is 39.5 Å². The van der Waals surface area contributed by atoms with E-state index in [0.717, 1.165) is 18.9 Å². The van der Waals surface area contributed by atoms with Crippen molar-refractivity contribution in [2.75, 3.05) is 0 Å². The van der Waals surface area contributed by atoms with Gasteiger partial charge in [-0.25, -0.2) is 0 Å². The van der Waals surface area contributed by atoms with Crippen molar-refractivity contribution in [3.05, 3.63) is 60.7 Å². The monoisotopic (exact) mass is 352 g/mol. The highest BCUT2D eigenvalue weighted by atomic mass is 28.4. The summed E-state index contributed by atoms with van der Waals surface area (Å²) >= 11 is 0. The van der Waals surface area contributed by atoms with Crippen LogP contribution in [0.5, 0.6) is 0 Å². The van der Waals surface area contributed by atoms with Crippen molar-refractivity contribution in [1.29, 1.82) is 0 Å². The van der Waals surface area contributed by atoms with Gasteiger partial charge in [0, 0.05) is 0 Å². The van der Waals surface area contributed by atoms with E-state index >= 15 is 0 Å². The third kappa shape index (κ3) is 2.99. The fourth-order valence-electron chi connectivity index (χ4n) is 4.40. The van der Waals surface area contributed by atoms with Crippen molar-refractivity contribution in [3.63, 3.8) is 0 Å². The van der Waals surface area contributed by atoms with Crippen LogP contribution in [0, 0.1) is 0 Å². The molecule has 2 fully saturated rings. The van der Waals surface area contributed by atoms with Crippen molar-refractivity contribution >= 4 is 18.7 Å². The Morgan fingerprint density at radius 1 is 1.00 bits per heavy atom. The number of fused-ring (bicyclic) bond motifs is 1. The van der Waals surface area contributed by atoms with Crippen LogP contribution in [0.25, 0.3) is 0 Å². The molecule has 25 heavy (non-hydrogen) atoms. The highest BCUT2D eigenvalue weighted by molar-refractivity contribution is 6.97. The minimum atomic E-state index is -2.28. The Balaban J connectivity index is 1.77. The first-order chi connectivity index (χ1) is 12.2. The molecule has 1 saturated carbocycles. The SMILES string of the molecule is CCCC[Si](O[C@H]1CC[C@@H]2O[C@@]21C)(c1ccccc1)c1ccccc1. The molecule has 2 nitrogen and oxygen atoms in total. The Morgan fingerprint density at radius 3 is 2.04 bits per heavy atom. The van der Waals surface area contributed by atoms with Gasteiger partial charge in [0.1, 0.15) is 5.60 Å². The van der Waals surface area contributed by atoms with Gasteiger partial charge < -0.3 is 9.16 Å². The van der Waals surface area contributed by atoms with E-state index < -0.39 is 8.32 Å². The lowest BCUT2D eigenvalue weighted by Gasteiger charge is -2.37. The maximum absolute atomic E-state index is 7.14. The van der Waals surface area contributed by atoms with Gasteiger partial charge in [0.15, 0.2) is 0 Å². The van der Waals surface area contributed by atoms with Crippen LogP contribution < -0.4 is 10.4 Å². The van der Waals surface area contributed by atoms with Crippen LogP contribution in [0.3, 0.4) is 0 Å². The zero-order valence-electron chi connectivity index (χ0n) is 15.3. The molecule has 0 unspecified atom stereocenters. The molecule has 3 atom stereocenters. The molecule has 0 spiro atoms. The van der Waals surface area contributed by atoms with Crippen molar-refractivity contribution in [1.82, 2.24) is 0 Å². The van der Waals surface area contributed by atoms with Crippen LogP contribution >= 0.6 is 0 Å². The minimum Gasteiger partial charge on any atom is -0.402 e. The number of benzene rings is 2. The molecule has 2 aromatic rings.